The van der Waals surface area contributed by atoms with E-state index in [1.165, 1.54) is 12.1 Å². The van der Waals surface area contributed by atoms with E-state index in [-0.39, 0.29) is 16.9 Å². The Morgan fingerprint density at radius 3 is 2.20 bits per heavy atom. The molecule has 1 aliphatic carbocycles. The van der Waals surface area contributed by atoms with Crippen LogP contribution >= 0.6 is 0 Å². The molecule has 0 heterocycles. The van der Waals surface area contributed by atoms with Crippen LogP contribution in [0.15, 0.2) is 29.2 Å². The monoisotopic (exact) mass is 307 g/mol. The van der Waals surface area contributed by atoms with E-state index in [2.05, 4.69) is 0 Å². The molecule has 0 bridgehead atoms. The average molecular weight is 307 g/mol. The van der Waals surface area contributed by atoms with Crippen LogP contribution in [0.25, 0.3) is 0 Å². The van der Waals surface area contributed by atoms with Gasteiger partial charge in [0, 0.05) is 6.04 Å². The lowest BCUT2D eigenvalue weighted by atomic mass is 9.67. The van der Waals surface area contributed by atoms with Crippen molar-refractivity contribution in [2.45, 2.75) is 36.4 Å². The quantitative estimate of drug-likeness (QED) is 0.933. The van der Waals surface area contributed by atoms with Crippen LogP contribution in [0, 0.1) is 5.92 Å². The highest BCUT2D eigenvalue weighted by molar-refractivity contribution is 7.91. The van der Waals surface area contributed by atoms with Crippen molar-refractivity contribution in [2.24, 2.45) is 11.7 Å². The summed E-state index contributed by atoms with van der Waals surface area (Å²) in [5, 5.41) is 0. The first-order valence-electron chi connectivity index (χ1n) is 6.25. The molecule has 3 unspecified atom stereocenters. The van der Waals surface area contributed by atoms with Crippen LogP contribution in [0.4, 0.5) is 13.2 Å². The summed E-state index contributed by atoms with van der Waals surface area (Å²) >= 11 is 0. The Labute approximate surface area is 115 Å². The predicted molar refractivity (Wildman–Crippen MR) is 69.0 cm³/mol. The minimum atomic E-state index is -4.73. The van der Waals surface area contributed by atoms with E-state index in [0.717, 1.165) is 12.0 Å². The third-order valence-electron chi connectivity index (χ3n) is 3.86. The lowest BCUT2D eigenvalue weighted by Gasteiger charge is -2.40. The van der Waals surface area contributed by atoms with Gasteiger partial charge in [-0.15, -0.1) is 0 Å². The van der Waals surface area contributed by atoms with Crippen LogP contribution in [0.3, 0.4) is 0 Å². The molecule has 1 saturated carbocycles. The highest BCUT2D eigenvalue weighted by Gasteiger charge is 2.37. The summed E-state index contributed by atoms with van der Waals surface area (Å²) in [5.41, 5.74) is 6.72. The molecule has 0 aliphatic heterocycles. The van der Waals surface area contributed by atoms with E-state index in [1.54, 1.807) is 12.1 Å². The largest absolute Gasteiger partial charge is 0.403 e. The van der Waals surface area contributed by atoms with Crippen molar-refractivity contribution >= 4 is 9.84 Å². The third kappa shape index (κ3) is 3.15. The second kappa shape index (κ2) is 5.04. The zero-order valence-corrected chi connectivity index (χ0v) is 11.7. The molecule has 0 saturated heterocycles. The minimum absolute atomic E-state index is 0.133. The average Bonchev–Trinajstić information content (AvgIpc) is 2.33. The second-order valence-electron chi connectivity index (χ2n) is 5.31. The molecule has 2 N–H and O–H groups in total. The van der Waals surface area contributed by atoms with Crippen molar-refractivity contribution in [2.75, 3.05) is 5.75 Å². The molecule has 0 radical (unpaired) electrons. The zero-order chi connectivity index (χ0) is 15.1. The van der Waals surface area contributed by atoms with Gasteiger partial charge in [0.15, 0.2) is 15.6 Å². The Morgan fingerprint density at radius 2 is 1.80 bits per heavy atom. The Balaban J connectivity index is 2.17. The first kappa shape index (κ1) is 15.3. The number of nitrogens with two attached hydrogens (primary N) is 1. The van der Waals surface area contributed by atoms with Gasteiger partial charge in [-0.05, 0) is 36.0 Å². The molecule has 112 valence electrons. The van der Waals surface area contributed by atoms with Crippen molar-refractivity contribution in [1.29, 1.82) is 0 Å². The van der Waals surface area contributed by atoms with Crippen LogP contribution in [-0.4, -0.2) is 26.4 Å². The van der Waals surface area contributed by atoms with Gasteiger partial charge >= 0.3 is 6.18 Å². The summed E-state index contributed by atoms with van der Waals surface area (Å²) in [5.74, 6) is -1.28. The van der Waals surface area contributed by atoms with Gasteiger partial charge in [0.25, 0.3) is 0 Å². The molecule has 20 heavy (non-hydrogen) atoms. The summed E-state index contributed by atoms with van der Waals surface area (Å²) < 4.78 is 59.8. The lowest BCUT2D eigenvalue weighted by molar-refractivity contribution is -0.106. The van der Waals surface area contributed by atoms with Crippen molar-refractivity contribution in [3.63, 3.8) is 0 Å². The van der Waals surface area contributed by atoms with Crippen LogP contribution in [0.2, 0.25) is 0 Å². The summed E-state index contributed by atoms with van der Waals surface area (Å²) in [6, 6.07) is 5.78. The van der Waals surface area contributed by atoms with Crippen LogP contribution in [-0.2, 0) is 9.84 Å². The number of sulfone groups is 1. The molecule has 0 spiro atoms. The van der Waals surface area contributed by atoms with Crippen molar-refractivity contribution in [3.8, 4) is 0 Å². The van der Waals surface area contributed by atoms with Gasteiger partial charge in [-0.1, -0.05) is 19.1 Å². The first-order chi connectivity index (χ1) is 9.10. The fourth-order valence-electron chi connectivity index (χ4n) is 2.49. The van der Waals surface area contributed by atoms with Gasteiger partial charge in [0.2, 0.25) is 0 Å². The van der Waals surface area contributed by atoms with Gasteiger partial charge < -0.3 is 5.73 Å². The molecule has 0 amide bonds. The maximum absolute atomic E-state index is 12.2. The topological polar surface area (TPSA) is 60.2 Å². The molecule has 3 nitrogen and oxygen atoms in total. The summed E-state index contributed by atoms with van der Waals surface area (Å²) in [4.78, 5) is -0.296. The Kier molecular flexibility index (Phi) is 3.85. The Morgan fingerprint density at radius 1 is 1.25 bits per heavy atom. The van der Waals surface area contributed by atoms with E-state index < -0.39 is 21.8 Å². The highest BCUT2D eigenvalue weighted by atomic mass is 32.2. The molecule has 7 heteroatoms. The SMILES string of the molecule is CC1C(N)CC1c1ccc(S(=O)(=O)CC(F)(F)F)cc1. The standard InChI is InChI=1S/C13H16F3NO2S/c1-8-11(6-12(8)17)9-2-4-10(5-3-9)20(18,19)7-13(14,15)16/h2-5,8,11-12H,6-7,17H2,1H3. The predicted octanol–water partition coefficient (Wildman–Crippen LogP) is 2.47. The van der Waals surface area contributed by atoms with Gasteiger partial charge in [-0.3, -0.25) is 0 Å². The third-order valence-corrected chi connectivity index (χ3v) is 5.55. The van der Waals surface area contributed by atoms with Gasteiger partial charge in [0.1, 0.15) is 0 Å². The number of rotatable bonds is 3. The molecule has 0 aromatic heterocycles. The van der Waals surface area contributed by atoms with Gasteiger partial charge in [0.05, 0.1) is 4.90 Å². The van der Waals surface area contributed by atoms with E-state index in [0.29, 0.717) is 5.92 Å². The van der Waals surface area contributed by atoms with Crippen LogP contribution in [0.5, 0.6) is 0 Å². The fourth-order valence-corrected chi connectivity index (χ4v) is 3.63. The summed E-state index contributed by atoms with van der Waals surface area (Å²) in [7, 11) is -4.32. The van der Waals surface area contributed by atoms with Crippen molar-refractivity contribution < 1.29 is 21.6 Å². The maximum Gasteiger partial charge on any atom is 0.403 e. The normalized spacial score (nSPS) is 27.1. The second-order valence-corrected chi connectivity index (χ2v) is 7.30. The van der Waals surface area contributed by atoms with Crippen molar-refractivity contribution in [3.05, 3.63) is 29.8 Å². The molecule has 1 aromatic carbocycles. The Bertz CT molecular complexity index is 581. The molecule has 1 fully saturated rings. The smallest absolute Gasteiger partial charge is 0.327 e. The van der Waals surface area contributed by atoms with Gasteiger partial charge in [-0.2, -0.15) is 13.2 Å². The van der Waals surface area contributed by atoms with E-state index >= 15 is 0 Å². The summed E-state index contributed by atoms with van der Waals surface area (Å²) in [6.07, 6.45) is -3.91. The highest BCUT2D eigenvalue weighted by Crippen LogP contribution is 2.41. The maximum atomic E-state index is 12.2. The molecule has 3 atom stereocenters. The number of benzene rings is 1. The van der Waals surface area contributed by atoms with E-state index in [9.17, 15) is 21.6 Å². The van der Waals surface area contributed by atoms with Gasteiger partial charge in [-0.25, -0.2) is 8.42 Å². The number of alkyl halides is 3. The number of hydrogen-bond donors (Lipinski definition) is 1. The fraction of sp³-hybridized carbons (Fsp3) is 0.538. The minimum Gasteiger partial charge on any atom is -0.327 e. The molecular formula is C13H16F3NO2S. The van der Waals surface area contributed by atoms with E-state index in [4.69, 9.17) is 5.73 Å². The Hall–Kier alpha value is -1.08. The first-order valence-corrected chi connectivity index (χ1v) is 7.90. The lowest BCUT2D eigenvalue weighted by Crippen LogP contribution is -2.44. The van der Waals surface area contributed by atoms with Crippen molar-refractivity contribution in [1.82, 2.24) is 0 Å². The molecule has 2 rings (SSSR count). The number of halogens is 3. The molecule has 1 aliphatic rings. The van der Waals surface area contributed by atoms with Crippen LogP contribution < -0.4 is 5.73 Å². The molecular weight excluding hydrogens is 291 g/mol. The van der Waals surface area contributed by atoms with E-state index in [1.807, 2.05) is 6.92 Å². The molecule has 1 aromatic rings. The summed E-state index contributed by atoms with van der Waals surface area (Å²) in [6.45, 7) is 2.01. The zero-order valence-electron chi connectivity index (χ0n) is 10.9. The van der Waals surface area contributed by atoms with Crippen LogP contribution in [0.1, 0.15) is 24.8 Å². The number of hydrogen-bond acceptors (Lipinski definition) is 3.